The molecule has 0 spiro atoms. The number of nitrogens with one attached hydrogen (secondary N) is 1. The Kier molecular flexibility index (Phi) is 9.49. The summed E-state index contributed by atoms with van der Waals surface area (Å²) in [6.07, 6.45) is 2.43. The molecule has 0 saturated carbocycles. The maximum Gasteiger partial charge on any atom is 0.221 e. The molecule has 0 fully saturated rings. The molecule has 0 aromatic rings. The molecule has 1 N–H and O–H groups in total. The van der Waals surface area contributed by atoms with Crippen molar-refractivity contribution in [1.29, 1.82) is 0 Å². The van der Waals surface area contributed by atoms with Gasteiger partial charge in [-0.25, -0.2) is 4.39 Å². The van der Waals surface area contributed by atoms with E-state index in [2.05, 4.69) is 18.5 Å². The van der Waals surface area contributed by atoms with Crippen LogP contribution in [0.25, 0.3) is 0 Å². The molecular weight excluding hydrogens is 169 g/mol. The van der Waals surface area contributed by atoms with Crippen LogP contribution >= 0.6 is 0 Å². The minimum atomic E-state index is -0.617. The van der Waals surface area contributed by atoms with Crippen LogP contribution in [0.5, 0.6) is 0 Å². The smallest absolute Gasteiger partial charge is 0.221 e. The number of allylic oxidation sites excluding steroid dienone is 3. The summed E-state index contributed by atoms with van der Waals surface area (Å²) in [4.78, 5) is 10.4. The van der Waals surface area contributed by atoms with E-state index in [1.165, 1.54) is 13.0 Å². The third-order valence-corrected chi connectivity index (χ3v) is 0.852. The molecule has 0 aliphatic carbocycles. The van der Waals surface area contributed by atoms with Gasteiger partial charge in [0.2, 0.25) is 5.91 Å². The summed E-state index contributed by atoms with van der Waals surface area (Å²) in [7, 11) is 0. The Morgan fingerprint density at radius 3 is 2.15 bits per heavy atom. The summed E-state index contributed by atoms with van der Waals surface area (Å²) >= 11 is 0. The van der Waals surface area contributed by atoms with Gasteiger partial charge in [0.15, 0.2) is 0 Å². The second-order valence-electron chi connectivity index (χ2n) is 1.93. The predicted octanol–water partition coefficient (Wildman–Crippen LogP) is 2.70. The van der Waals surface area contributed by atoms with Crippen LogP contribution in [-0.4, -0.2) is 5.91 Å². The van der Waals surface area contributed by atoms with Gasteiger partial charge in [-0.15, -0.1) is 0 Å². The molecule has 0 rings (SSSR count). The van der Waals surface area contributed by atoms with Crippen LogP contribution in [-0.2, 0) is 4.79 Å². The summed E-state index contributed by atoms with van der Waals surface area (Å²) in [6.45, 7) is 11.7. The van der Waals surface area contributed by atoms with Crippen molar-refractivity contribution >= 4 is 5.91 Å². The normalized spacial score (nSPS) is 9.38. The first kappa shape index (κ1) is 14.2. The van der Waals surface area contributed by atoms with Gasteiger partial charge in [-0.05, 0) is 12.2 Å². The Bertz CT molecular complexity index is 219. The number of carbonyl (C=O) groups is 1. The lowest BCUT2D eigenvalue weighted by molar-refractivity contribution is -0.118. The van der Waals surface area contributed by atoms with Crippen molar-refractivity contribution in [3.05, 3.63) is 36.8 Å². The van der Waals surface area contributed by atoms with Crippen LogP contribution in [0.2, 0.25) is 0 Å². The summed E-state index contributed by atoms with van der Waals surface area (Å²) in [5.74, 6) is -0.883. The lowest BCUT2D eigenvalue weighted by Gasteiger charge is -1.99. The van der Waals surface area contributed by atoms with Gasteiger partial charge in [0, 0.05) is 12.6 Å². The van der Waals surface area contributed by atoms with Gasteiger partial charge < -0.3 is 5.32 Å². The minimum absolute atomic E-state index is 0.266. The minimum Gasteiger partial charge on any atom is -0.326 e. The van der Waals surface area contributed by atoms with Gasteiger partial charge in [-0.3, -0.25) is 4.79 Å². The maximum atomic E-state index is 12.1. The van der Waals surface area contributed by atoms with Crippen molar-refractivity contribution < 1.29 is 9.18 Å². The lowest BCUT2D eigenvalue weighted by Crippen LogP contribution is -2.17. The average molecular weight is 185 g/mol. The highest BCUT2D eigenvalue weighted by molar-refractivity contribution is 5.75. The van der Waals surface area contributed by atoms with E-state index in [4.69, 9.17) is 0 Å². The molecule has 0 heterocycles. The zero-order valence-corrected chi connectivity index (χ0v) is 8.36. The van der Waals surface area contributed by atoms with Crippen LogP contribution in [0.3, 0.4) is 0 Å². The van der Waals surface area contributed by atoms with Crippen molar-refractivity contribution in [2.75, 3.05) is 0 Å². The summed E-state index contributed by atoms with van der Waals surface area (Å²) in [6, 6.07) is 0. The molecule has 1 amide bonds. The van der Waals surface area contributed by atoms with E-state index in [0.717, 1.165) is 6.08 Å². The molecule has 0 aliphatic heterocycles. The molecule has 2 nitrogen and oxygen atoms in total. The molecule has 0 aliphatic rings. The van der Waals surface area contributed by atoms with Crippen molar-refractivity contribution in [3.8, 4) is 0 Å². The molecule has 0 unspecified atom stereocenters. The molecule has 0 saturated heterocycles. The zero-order valence-electron chi connectivity index (χ0n) is 8.36. The van der Waals surface area contributed by atoms with Crippen LogP contribution in [0.4, 0.5) is 4.39 Å². The number of halogens is 1. The van der Waals surface area contributed by atoms with Crippen LogP contribution in [0.1, 0.15) is 20.8 Å². The van der Waals surface area contributed by atoms with E-state index >= 15 is 0 Å². The third kappa shape index (κ3) is 10.6. The number of hydrogen-bond acceptors (Lipinski definition) is 1. The quantitative estimate of drug-likeness (QED) is 0.673. The highest BCUT2D eigenvalue weighted by Crippen LogP contribution is 1.99. The fraction of sp³-hybridized carbons (Fsp3) is 0.300. The SMILES string of the molecule is C=C/C(=C\C(=C)F)NC(C)=O.CC. The van der Waals surface area contributed by atoms with Crippen LogP contribution in [0.15, 0.2) is 36.8 Å². The fourth-order valence-corrected chi connectivity index (χ4v) is 0.518. The molecule has 3 heteroatoms. The molecular formula is C10H16FNO. The summed E-state index contributed by atoms with van der Waals surface area (Å²) in [5.41, 5.74) is 0.310. The van der Waals surface area contributed by atoms with E-state index in [-0.39, 0.29) is 5.91 Å². The van der Waals surface area contributed by atoms with Crippen molar-refractivity contribution in [2.45, 2.75) is 20.8 Å². The second-order valence-corrected chi connectivity index (χ2v) is 1.93. The van der Waals surface area contributed by atoms with E-state index in [1.54, 1.807) is 0 Å². The van der Waals surface area contributed by atoms with Gasteiger partial charge in [-0.1, -0.05) is 27.0 Å². The van der Waals surface area contributed by atoms with E-state index in [0.29, 0.717) is 5.70 Å². The zero-order chi connectivity index (χ0) is 10.9. The molecule has 0 radical (unpaired) electrons. The second kappa shape index (κ2) is 8.71. The standard InChI is InChI=1S/C8H10FNO.C2H6/c1-4-8(5-6(2)9)10-7(3)11;1-2/h4-5H,1-2H2,3H3,(H,10,11);1-2H3/b8-5+;. The highest BCUT2D eigenvalue weighted by Gasteiger charge is 1.94. The number of hydrogen-bond donors (Lipinski definition) is 1. The Labute approximate surface area is 78.8 Å². The van der Waals surface area contributed by atoms with E-state index in [1.807, 2.05) is 13.8 Å². The molecule has 0 aromatic heterocycles. The van der Waals surface area contributed by atoms with E-state index < -0.39 is 5.83 Å². The van der Waals surface area contributed by atoms with Crippen molar-refractivity contribution in [3.63, 3.8) is 0 Å². The van der Waals surface area contributed by atoms with Gasteiger partial charge >= 0.3 is 0 Å². The Morgan fingerprint density at radius 2 is 1.92 bits per heavy atom. The van der Waals surface area contributed by atoms with Gasteiger partial charge in [-0.2, -0.15) is 0 Å². The molecule has 74 valence electrons. The Hall–Kier alpha value is -1.38. The lowest BCUT2D eigenvalue weighted by atomic mass is 10.3. The molecule has 0 bridgehead atoms. The number of amides is 1. The van der Waals surface area contributed by atoms with E-state index in [9.17, 15) is 9.18 Å². The van der Waals surface area contributed by atoms with Crippen molar-refractivity contribution in [1.82, 2.24) is 5.32 Å². The Balaban J connectivity index is 0. The first-order chi connectivity index (χ1) is 6.06. The van der Waals surface area contributed by atoms with Gasteiger partial charge in [0.25, 0.3) is 0 Å². The molecule has 0 aromatic carbocycles. The average Bonchev–Trinajstić information content (AvgIpc) is 2.05. The third-order valence-electron chi connectivity index (χ3n) is 0.852. The fourth-order valence-electron chi connectivity index (χ4n) is 0.518. The first-order valence-corrected chi connectivity index (χ1v) is 4.02. The summed E-state index contributed by atoms with van der Waals surface area (Å²) < 4.78 is 12.1. The number of rotatable bonds is 3. The van der Waals surface area contributed by atoms with Gasteiger partial charge in [0.1, 0.15) is 5.83 Å². The molecule has 0 atom stereocenters. The largest absolute Gasteiger partial charge is 0.326 e. The first-order valence-electron chi connectivity index (χ1n) is 4.02. The van der Waals surface area contributed by atoms with Crippen molar-refractivity contribution in [2.24, 2.45) is 0 Å². The topological polar surface area (TPSA) is 29.1 Å². The molecule has 13 heavy (non-hydrogen) atoms. The van der Waals surface area contributed by atoms with Crippen LogP contribution in [0, 0.1) is 0 Å². The monoisotopic (exact) mass is 185 g/mol. The maximum absolute atomic E-state index is 12.1. The Morgan fingerprint density at radius 1 is 1.46 bits per heavy atom. The predicted molar refractivity (Wildman–Crippen MR) is 53.7 cm³/mol. The number of carbonyl (C=O) groups excluding carboxylic acids is 1. The highest BCUT2D eigenvalue weighted by atomic mass is 19.1. The van der Waals surface area contributed by atoms with Gasteiger partial charge in [0.05, 0.1) is 0 Å². The van der Waals surface area contributed by atoms with Crippen LogP contribution < -0.4 is 5.32 Å². The summed E-state index contributed by atoms with van der Waals surface area (Å²) in [5, 5.41) is 2.36.